The lowest BCUT2D eigenvalue weighted by Crippen LogP contribution is -2.14. The van der Waals surface area contributed by atoms with Crippen LogP contribution >= 0.6 is 11.6 Å². The highest BCUT2D eigenvalue weighted by atomic mass is 35.5. The fourth-order valence-corrected chi connectivity index (χ4v) is 1.97. The molecule has 0 spiro atoms. The Morgan fingerprint density at radius 2 is 2.21 bits per heavy atom. The van der Waals surface area contributed by atoms with E-state index in [1.807, 2.05) is 6.92 Å². The van der Waals surface area contributed by atoms with E-state index in [-0.39, 0.29) is 28.1 Å². The molecule has 6 N–H and O–H groups in total. The molecule has 0 amide bonds. The molecule has 7 heteroatoms. The Bertz CT molecular complexity index is 570. The molecule has 2 rings (SSSR count). The van der Waals surface area contributed by atoms with Crippen LogP contribution in [0, 0.1) is 5.82 Å². The predicted octanol–water partition coefficient (Wildman–Crippen LogP) is 2.93. The standard InChI is InChI=1S/C12H15ClFN5/c1-2-8(12-17-3-4-18-12)19-11-7(16)5-6(15)9(13)10(11)14/h3-5,8,19H,2,15-16H2,1H3,(H,17,18). The lowest BCUT2D eigenvalue weighted by Gasteiger charge is -2.19. The third kappa shape index (κ3) is 2.58. The van der Waals surface area contributed by atoms with Gasteiger partial charge in [-0.25, -0.2) is 9.37 Å². The first-order valence-corrected chi connectivity index (χ1v) is 6.21. The van der Waals surface area contributed by atoms with Gasteiger partial charge in [-0.05, 0) is 12.5 Å². The molecule has 0 saturated heterocycles. The average molecular weight is 284 g/mol. The Hall–Kier alpha value is -1.95. The summed E-state index contributed by atoms with van der Waals surface area (Å²) in [5, 5.41) is 2.87. The fraction of sp³-hybridized carbons (Fsp3) is 0.250. The number of H-pyrrole nitrogens is 1. The average Bonchev–Trinajstić information content (AvgIpc) is 2.90. The second-order valence-electron chi connectivity index (χ2n) is 4.14. The molecule has 1 heterocycles. The summed E-state index contributed by atoms with van der Waals surface area (Å²) in [5.74, 6) is 0.0541. The topological polar surface area (TPSA) is 92.8 Å². The van der Waals surface area contributed by atoms with Gasteiger partial charge in [0.1, 0.15) is 10.8 Å². The molecule has 0 bridgehead atoms. The monoisotopic (exact) mass is 283 g/mol. The summed E-state index contributed by atoms with van der Waals surface area (Å²) < 4.78 is 14.1. The molecular formula is C12H15ClFN5. The van der Waals surface area contributed by atoms with E-state index < -0.39 is 5.82 Å². The number of nitrogen functional groups attached to an aromatic ring is 2. The maximum absolute atomic E-state index is 14.1. The van der Waals surface area contributed by atoms with Gasteiger partial charge in [0.05, 0.1) is 23.1 Å². The second-order valence-corrected chi connectivity index (χ2v) is 4.52. The van der Waals surface area contributed by atoms with Crippen LogP contribution in [0.15, 0.2) is 18.5 Å². The van der Waals surface area contributed by atoms with E-state index in [1.54, 1.807) is 12.4 Å². The van der Waals surface area contributed by atoms with Crippen molar-refractivity contribution in [2.75, 3.05) is 16.8 Å². The molecule has 1 unspecified atom stereocenters. The van der Waals surface area contributed by atoms with E-state index >= 15 is 0 Å². The van der Waals surface area contributed by atoms with Gasteiger partial charge >= 0.3 is 0 Å². The first-order valence-electron chi connectivity index (χ1n) is 5.83. The number of aromatic amines is 1. The molecule has 0 saturated carbocycles. The number of imidazole rings is 1. The Morgan fingerprint density at radius 1 is 1.47 bits per heavy atom. The zero-order chi connectivity index (χ0) is 14.0. The van der Waals surface area contributed by atoms with Crippen LogP contribution in [0.25, 0.3) is 0 Å². The third-order valence-electron chi connectivity index (χ3n) is 2.84. The van der Waals surface area contributed by atoms with E-state index in [0.717, 1.165) is 0 Å². The van der Waals surface area contributed by atoms with E-state index in [0.29, 0.717) is 12.2 Å². The van der Waals surface area contributed by atoms with Crippen LogP contribution in [0.2, 0.25) is 5.02 Å². The van der Waals surface area contributed by atoms with Gasteiger partial charge in [0.15, 0.2) is 5.82 Å². The maximum Gasteiger partial charge on any atom is 0.169 e. The van der Waals surface area contributed by atoms with Crippen LogP contribution < -0.4 is 16.8 Å². The van der Waals surface area contributed by atoms with Crippen LogP contribution in [0.1, 0.15) is 25.2 Å². The van der Waals surface area contributed by atoms with Crippen molar-refractivity contribution >= 4 is 28.7 Å². The number of rotatable bonds is 4. The number of aromatic nitrogens is 2. The van der Waals surface area contributed by atoms with Crippen molar-refractivity contribution < 1.29 is 4.39 Å². The molecule has 19 heavy (non-hydrogen) atoms. The molecule has 1 aromatic heterocycles. The highest BCUT2D eigenvalue weighted by Gasteiger charge is 2.19. The smallest absolute Gasteiger partial charge is 0.169 e. The maximum atomic E-state index is 14.1. The molecular weight excluding hydrogens is 269 g/mol. The molecule has 0 fully saturated rings. The van der Waals surface area contributed by atoms with E-state index in [9.17, 15) is 4.39 Å². The summed E-state index contributed by atoms with van der Waals surface area (Å²) in [7, 11) is 0. The summed E-state index contributed by atoms with van der Waals surface area (Å²) in [6.07, 6.45) is 4.04. The SMILES string of the molecule is CCC(Nc1c(N)cc(N)c(Cl)c1F)c1ncc[nH]1. The van der Waals surface area contributed by atoms with Crippen molar-refractivity contribution in [2.45, 2.75) is 19.4 Å². The van der Waals surface area contributed by atoms with Crippen molar-refractivity contribution in [3.8, 4) is 0 Å². The molecule has 102 valence electrons. The number of halogens is 2. The van der Waals surface area contributed by atoms with Gasteiger partial charge < -0.3 is 21.8 Å². The number of benzene rings is 1. The number of hydrogen-bond donors (Lipinski definition) is 4. The van der Waals surface area contributed by atoms with E-state index in [4.69, 9.17) is 23.1 Å². The molecule has 1 aromatic carbocycles. The molecule has 0 aliphatic carbocycles. The molecule has 1 atom stereocenters. The Morgan fingerprint density at radius 3 is 2.79 bits per heavy atom. The van der Waals surface area contributed by atoms with E-state index in [1.165, 1.54) is 6.07 Å². The summed E-state index contributed by atoms with van der Waals surface area (Å²) in [6.45, 7) is 1.95. The summed E-state index contributed by atoms with van der Waals surface area (Å²) in [6, 6.07) is 1.24. The zero-order valence-corrected chi connectivity index (χ0v) is 11.1. The third-order valence-corrected chi connectivity index (χ3v) is 3.23. The number of nitrogens with two attached hydrogens (primary N) is 2. The number of anilines is 3. The fourth-order valence-electron chi connectivity index (χ4n) is 1.82. The molecule has 0 aliphatic rings. The second kappa shape index (κ2) is 5.36. The molecule has 0 aliphatic heterocycles. The van der Waals surface area contributed by atoms with E-state index in [2.05, 4.69) is 15.3 Å². The van der Waals surface area contributed by atoms with Gasteiger partial charge in [-0.2, -0.15) is 0 Å². The van der Waals surface area contributed by atoms with Gasteiger partial charge in [0.2, 0.25) is 0 Å². The van der Waals surface area contributed by atoms with Crippen molar-refractivity contribution in [2.24, 2.45) is 0 Å². The molecule has 5 nitrogen and oxygen atoms in total. The Labute approximate surface area is 115 Å². The first-order chi connectivity index (χ1) is 9.04. The van der Waals surface area contributed by atoms with Crippen LogP contribution in [0.3, 0.4) is 0 Å². The lowest BCUT2D eigenvalue weighted by molar-refractivity contribution is 0.622. The van der Waals surface area contributed by atoms with Crippen molar-refractivity contribution in [1.82, 2.24) is 9.97 Å². The van der Waals surface area contributed by atoms with Crippen LogP contribution in [0.4, 0.5) is 21.5 Å². The normalized spacial score (nSPS) is 12.4. The Balaban J connectivity index is 2.35. The quantitative estimate of drug-likeness (QED) is 0.649. The first kappa shape index (κ1) is 13.5. The zero-order valence-electron chi connectivity index (χ0n) is 10.4. The summed E-state index contributed by atoms with van der Waals surface area (Å²) in [4.78, 5) is 7.12. The minimum absolute atomic E-state index is 0.119. The van der Waals surface area contributed by atoms with Crippen LogP contribution in [-0.4, -0.2) is 9.97 Å². The predicted molar refractivity (Wildman–Crippen MR) is 75.5 cm³/mol. The van der Waals surface area contributed by atoms with Crippen molar-refractivity contribution in [3.63, 3.8) is 0 Å². The van der Waals surface area contributed by atoms with Gasteiger partial charge in [0, 0.05) is 12.4 Å². The van der Waals surface area contributed by atoms with Gasteiger partial charge in [0.25, 0.3) is 0 Å². The van der Waals surface area contributed by atoms with Crippen LogP contribution in [0.5, 0.6) is 0 Å². The summed E-state index contributed by atoms with van der Waals surface area (Å²) >= 11 is 5.79. The largest absolute Gasteiger partial charge is 0.397 e. The summed E-state index contributed by atoms with van der Waals surface area (Å²) in [5.41, 5.74) is 11.8. The number of nitrogens with zero attached hydrogens (tertiary/aromatic N) is 1. The van der Waals surface area contributed by atoms with Crippen LogP contribution in [-0.2, 0) is 0 Å². The highest BCUT2D eigenvalue weighted by molar-refractivity contribution is 6.33. The van der Waals surface area contributed by atoms with Crippen molar-refractivity contribution in [1.29, 1.82) is 0 Å². The van der Waals surface area contributed by atoms with Crippen molar-refractivity contribution in [3.05, 3.63) is 35.1 Å². The van der Waals surface area contributed by atoms with Gasteiger partial charge in [-0.1, -0.05) is 18.5 Å². The number of nitrogens with one attached hydrogen (secondary N) is 2. The Kier molecular flexibility index (Phi) is 3.80. The number of hydrogen-bond acceptors (Lipinski definition) is 4. The minimum atomic E-state index is -0.649. The lowest BCUT2D eigenvalue weighted by atomic mass is 10.1. The molecule has 0 radical (unpaired) electrons. The highest BCUT2D eigenvalue weighted by Crippen LogP contribution is 2.35. The minimum Gasteiger partial charge on any atom is -0.397 e. The molecule has 2 aromatic rings. The van der Waals surface area contributed by atoms with Gasteiger partial charge in [-0.3, -0.25) is 0 Å². The van der Waals surface area contributed by atoms with Gasteiger partial charge in [-0.15, -0.1) is 0 Å².